The lowest BCUT2D eigenvalue weighted by molar-refractivity contribution is 0.0973. The third kappa shape index (κ3) is 3.29. The van der Waals surface area contributed by atoms with Crippen molar-refractivity contribution in [3.05, 3.63) is 39.4 Å². The van der Waals surface area contributed by atoms with Crippen LogP contribution in [0.25, 0.3) is 11.1 Å². The molecule has 9 heteroatoms. The molecule has 1 aromatic heterocycles. The standard InChI is InChI=1S/C20H25ClFN5O2/c1-11-16(23)20(10-29-11)5-7-27(8-6-20)19-25-17(24)15(18(28)26(19)2)12-3-4-13(21)14(22)9-12/h3-4,9,11,16H,5-8,10,23-24H2,1-2H3/t11-,16+/m0/s1. The fourth-order valence-electron chi connectivity index (χ4n) is 4.44. The van der Waals surface area contributed by atoms with Gasteiger partial charge in [0.2, 0.25) is 5.95 Å². The molecule has 1 spiro atoms. The van der Waals surface area contributed by atoms with E-state index in [9.17, 15) is 9.18 Å². The number of nitrogens with zero attached hydrogens (tertiary/aromatic N) is 3. The van der Waals surface area contributed by atoms with Crippen molar-refractivity contribution in [1.29, 1.82) is 0 Å². The number of anilines is 2. The van der Waals surface area contributed by atoms with Gasteiger partial charge < -0.3 is 21.1 Å². The number of nitrogens with two attached hydrogens (primary N) is 2. The molecule has 0 bridgehead atoms. The quantitative estimate of drug-likeness (QED) is 0.770. The zero-order valence-electron chi connectivity index (χ0n) is 16.5. The molecule has 7 nitrogen and oxygen atoms in total. The van der Waals surface area contributed by atoms with Gasteiger partial charge in [-0.25, -0.2) is 4.39 Å². The predicted molar refractivity (Wildman–Crippen MR) is 112 cm³/mol. The molecule has 2 saturated heterocycles. The maximum Gasteiger partial charge on any atom is 0.264 e. The minimum Gasteiger partial charge on any atom is -0.383 e. The van der Waals surface area contributed by atoms with Gasteiger partial charge in [-0.3, -0.25) is 9.36 Å². The summed E-state index contributed by atoms with van der Waals surface area (Å²) in [6.45, 7) is 4.09. The first kappa shape index (κ1) is 20.1. The first-order chi connectivity index (χ1) is 13.7. The Kier molecular flexibility index (Phi) is 5.04. The minimum atomic E-state index is -0.611. The molecule has 29 heavy (non-hydrogen) atoms. The Balaban J connectivity index is 1.63. The van der Waals surface area contributed by atoms with Crippen LogP contribution in [0.5, 0.6) is 0 Å². The zero-order valence-corrected chi connectivity index (χ0v) is 17.2. The van der Waals surface area contributed by atoms with Gasteiger partial charge in [0, 0.05) is 31.6 Å². The van der Waals surface area contributed by atoms with Crippen molar-refractivity contribution in [2.45, 2.75) is 31.9 Å². The first-order valence-electron chi connectivity index (χ1n) is 9.67. The molecule has 0 amide bonds. The van der Waals surface area contributed by atoms with E-state index >= 15 is 0 Å². The Morgan fingerprint density at radius 3 is 2.62 bits per heavy atom. The average Bonchev–Trinajstić information content (AvgIpc) is 2.97. The van der Waals surface area contributed by atoms with Gasteiger partial charge in [0.15, 0.2) is 0 Å². The Labute approximate surface area is 173 Å². The summed E-state index contributed by atoms with van der Waals surface area (Å²) < 4.78 is 21.1. The Morgan fingerprint density at radius 1 is 1.34 bits per heavy atom. The Hall–Kier alpha value is -2.16. The van der Waals surface area contributed by atoms with Crippen LogP contribution in [0.1, 0.15) is 19.8 Å². The van der Waals surface area contributed by atoms with Crippen molar-refractivity contribution < 1.29 is 9.13 Å². The van der Waals surface area contributed by atoms with Crippen LogP contribution < -0.4 is 21.9 Å². The average molecular weight is 422 g/mol. The summed E-state index contributed by atoms with van der Waals surface area (Å²) >= 11 is 5.75. The first-order valence-corrected chi connectivity index (χ1v) is 10.1. The highest BCUT2D eigenvalue weighted by molar-refractivity contribution is 6.30. The molecule has 0 unspecified atom stereocenters. The summed E-state index contributed by atoms with van der Waals surface area (Å²) in [5, 5.41) is -0.0145. The van der Waals surface area contributed by atoms with E-state index in [0.29, 0.717) is 31.2 Å². The highest BCUT2D eigenvalue weighted by Crippen LogP contribution is 2.41. The molecule has 4 rings (SSSR count). The fourth-order valence-corrected chi connectivity index (χ4v) is 4.56. The number of hydrogen-bond donors (Lipinski definition) is 2. The highest BCUT2D eigenvalue weighted by atomic mass is 35.5. The normalized spacial score (nSPS) is 23.7. The molecule has 2 aliphatic rings. The molecule has 2 aliphatic heterocycles. The second-order valence-electron chi connectivity index (χ2n) is 8.06. The van der Waals surface area contributed by atoms with Crippen LogP contribution in [0.15, 0.2) is 23.0 Å². The molecule has 156 valence electrons. The summed E-state index contributed by atoms with van der Waals surface area (Å²) in [6, 6.07) is 4.17. The molecule has 0 saturated carbocycles. The van der Waals surface area contributed by atoms with Crippen molar-refractivity contribution in [2.24, 2.45) is 18.2 Å². The molecule has 3 heterocycles. The summed E-state index contributed by atoms with van der Waals surface area (Å²) in [5.74, 6) is -0.0407. The second kappa shape index (κ2) is 7.27. The Morgan fingerprint density at radius 2 is 2.03 bits per heavy atom. The predicted octanol–water partition coefficient (Wildman–Crippen LogP) is 2.15. The van der Waals surface area contributed by atoms with Gasteiger partial charge in [-0.15, -0.1) is 0 Å². The summed E-state index contributed by atoms with van der Waals surface area (Å²) in [4.78, 5) is 19.5. The van der Waals surface area contributed by atoms with Crippen LogP contribution >= 0.6 is 11.6 Å². The molecule has 0 radical (unpaired) electrons. The number of benzene rings is 1. The van der Waals surface area contributed by atoms with Crippen molar-refractivity contribution >= 4 is 23.4 Å². The van der Waals surface area contributed by atoms with Crippen molar-refractivity contribution in [3.63, 3.8) is 0 Å². The molecule has 2 atom stereocenters. The van der Waals surface area contributed by atoms with Gasteiger partial charge in [0.25, 0.3) is 5.56 Å². The molecule has 2 aromatic rings. The van der Waals surface area contributed by atoms with E-state index in [1.807, 2.05) is 11.8 Å². The van der Waals surface area contributed by atoms with Crippen LogP contribution in [0.2, 0.25) is 5.02 Å². The summed E-state index contributed by atoms with van der Waals surface area (Å²) in [5.41, 5.74) is 12.7. The summed E-state index contributed by atoms with van der Waals surface area (Å²) in [7, 11) is 1.65. The number of hydrogen-bond acceptors (Lipinski definition) is 6. The number of rotatable bonds is 2. The zero-order chi connectivity index (χ0) is 20.9. The van der Waals surface area contributed by atoms with Crippen LogP contribution in [0, 0.1) is 11.2 Å². The minimum absolute atomic E-state index is 0.00803. The van der Waals surface area contributed by atoms with E-state index in [1.165, 1.54) is 16.7 Å². The number of piperidine rings is 1. The molecule has 0 aliphatic carbocycles. The fraction of sp³-hybridized carbons (Fsp3) is 0.500. The van der Waals surface area contributed by atoms with Gasteiger partial charge in [-0.1, -0.05) is 17.7 Å². The third-order valence-corrected chi connectivity index (χ3v) is 6.70. The number of aromatic nitrogens is 2. The van der Waals surface area contributed by atoms with Crippen molar-refractivity contribution in [3.8, 4) is 11.1 Å². The number of ether oxygens (including phenoxy) is 1. The van der Waals surface area contributed by atoms with E-state index in [4.69, 9.17) is 27.8 Å². The monoisotopic (exact) mass is 421 g/mol. The van der Waals surface area contributed by atoms with Crippen molar-refractivity contribution in [2.75, 3.05) is 30.3 Å². The summed E-state index contributed by atoms with van der Waals surface area (Å²) in [6.07, 6.45) is 1.77. The number of nitrogen functional groups attached to an aromatic ring is 1. The lowest BCUT2D eigenvalue weighted by Crippen LogP contribution is -2.51. The van der Waals surface area contributed by atoms with Crippen LogP contribution in [-0.2, 0) is 11.8 Å². The van der Waals surface area contributed by atoms with E-state index in [-0.39, 0.29) is 39.5 Å². The van der Waals surface area contributed by atoms with Gasteiger partial charge in [-0.05, 0) is 37.5 Å². The molecular weight excluding hydrogens is 397 g/mol. The van der Waals surface area contributed by atoms with Crippen molar-refractivity contribution in [1.82, 2.24) is 9.55 Å². The Bertz CT molecular complexity index is 1000. The van der Waals surface area contributed by atoms with Gasteiger partial charge in [0.05, 0.1) is 23.3 Å². The van der Waals surface area contributed by atoms with Gasteiger partial charge in [0.1, 0.15) is 11.6 Å². The highest BCUT2D eigenvalue weighted by Gasteiger charge is 2.47. The SMILES string of the molecule is C[C@@H]1OCC2(CCN(c3nc(N)c(-c4ccc(Cl)c(F)c4)c(=O)n3C)CC2)[C@@H]1N. The van der Waals surface area contributed by atoms with E-state index in [2.05, 4.69) is 4.98 Å². The maximum atomic E-state index is 13.9. The van der Waals surface area contributed by atoms with Gasteiger partial charge >= 0.3 is 0 Å². The van der Waals surface area contributed by atoms with Gasteiger partial charge in [-0.2, -0.15) is 4.98 Å². The number of halogens is 2. The second-order valence-corrected chi connectivity index (χ2v) is 8.46. The lowest BCUT2D eigenvalue weighted by atomic mass is 9.73. The lowest BCUT2D eigenvalue weighted by Gasteiger charge is -2.41. The van der Waals surface area contributed by atoms with Crippen LogP contribution in [0.4, 0.5) is 16.2 Å². The maximum absolute atomic E-state index is 13.9. The van der Waals surface area contributed by atoms with Crippen LogP contribution in [-0.4, -0.2) is 41.4 Å². The van der Waals surface area contributed by atoms with Crippen LogP contribution in [0.3, 0.4) is 0 Å². The largest absolute Gasteiger partial charge is 0.383 e. The third-order valence-electron chi connectivity index (χ3n) is 6.39. The molecular formula is C20H25ClFN5O2. The molecule has 1 aromatic carbocycles. The molecule has 4 N–H and O–H groups in total. The topological polar surface area (TPSA) is 99.4 Å². The van der Waals surface area contributed by atoms with E-state index < -0.39 is 5.82 Å². The van der Waals surface area contributed by atoms with E-state index in [1.54, 1.807) is 13.1 Å². The van der Waals surface area contributed by atoms with E-state index in [0.717, 1.165) is 12.8 Å². The smallest absolute Gasteiger partial charge is 0.264 e. The molecule has 2 fully saturated rings.